The number of esters is 1. The number of para-hydroxylation sites is 2. The summed E-state index contributed by atoms with van der Waals surface area (Å²) in [5, 5.41) is 0. The van der Waals surface area contributed by atoms with E-state index in [0.29, 0.717) is 11.1 Å². The predicted molar refractivity (Wildman–Crippen MR) is 81.5 cm³/mol. The summed E-state index contributed by atoms with van der Waals surface area (Å²) in [6.07, 6.45) is 0.102. The van der Waals surface area contributed by atoms with E-state index in [2.05, 4.69) is 4.98 Å². The molecule has 3 rings (SSSR count). The van der Waals surface area contributed by atoms with Gasteiger partial charge in [0, 0.05) is 13.2 Å². The monoisotopic (exact) mass is 315 g/mol. The SMILES string of the molecule is COCCC(=O)Oc1ccc(-c2nc3ccccc3o2)c(F)c1. The smallest absolute Gasteiger partial charge is 0.313 e. The highest BCUT2D eigenvalue weighted by atomic mass is 19.1. The first-order chi connectivity index (χ1) is 11.2. The molecule has 0 saturated heterocycles. The predicted octanol–water partition coefficient (Wildman–Crippen LogP) is 3.58. The number of hydrogen-bond acceptors (Lipinski definition) is 5. The van der Waals surface area contributed by atoms with Gasteiger partial charge in [-0.05, 0) is 24.3 Å². The van der Waals surface area contributed by atoms with Crippen molar-refractivity contribution in [3.05, 3.63) is 48.3 Å². The number of rotatable bonds is 5. The van der Waals surface area contributed by atoms with Gasteiger partial charge in [0.05, 0.1) is 18.6 Å². The molecule has 0 atom stereocenters. The number of carbonyl (C=O) groups excluding carboxylic acids is 1. The fourth-order valence-corrected chi connectivity index (χ4v) is 2.09. The Morgan fingerprint density at radius 3 is 2.83 bits per heavy atom. The van der Waals surface area contributed by atoms with Crippen LogP contribution in [0.1, 0.15) is 6.42 Å². The Kier molecular flexibility index (Phi) is 4.34. The Morgan fingerprint density at radius 2 is 2.09 bits per heavy atom. The molecule has 2 aromatic carbocycles. The van der Waals surface area contributed by atoms with Crippen LogP contribution in [0, 0.1) is 5.82 Å². The van der Waals surface area contributed by atoms with Gasteiger partial charge in [0.25, 0.3) is 0 Å². The Morgan fingerprint density at radius 1 is 1.26 bits per heavy atom. The maximum Gasteiger partial charge on any atom is 0.313 e. The van der Waals surface area contributed by atoms with Crippen molar-refractivity contribution in [3.63, 3.8) is 0 Å². The molecule has 5 nitrogen and oxygen atoms in total. The third-order valence-corrected chi connectivity index (χ3v) is 3.21. The van der Waals surface area contributed by atoms with Crippen LogP contribution < -0.4 is 4.74 Å². The lowest BCUT2D eigenvalue weighted by atomic mass is 10.2. The van der Waals surface area contributed by atoms with Crippen molar-refractivity contribution >= 4 is 17.1 Å². The average Bonchev–Trinajstić information content (AvgIpc) is 2.96. The maximum absolute atomic E-state index is 14.3. The van der Waals surface area contributed by atoms with E-state index in [0.717, 1.165) is 6.07 Å². The molecule has 1 heterocycles. The van der Waals surface area contributed by atoms with Gasteiger partial charge < -0.3 is 13.9 Å². The normalized spacial score (nSPS) is 10.9. The molecule has 0 bridgehead atoms. The summed E-state index contributed by atoms with van der Waals surface area (Å²) in [7, 11) is 1.49. The zero-order chi connectivity index (χ0) is 16.2. The number of ether oxygens (including phenoxy) is 2. The van der Waals surface area contributed by atoms with Crippen molar-refractivity contribution in [2.45, 2.75) is 6.42 Å². The summed E-state index contributed by atoms with van der Waals surface area (Å²) in [5.74, 6) is -0.751. The first-order valence-electron chi connectivity index (χ1n) is 7.02. The fraction of sp³-hybridized carbons (Fsp3) is 0.176. The van der Waals surface area contributed by atoms with Crippen LogP contribution in [-0.2, 0) is 9.53 Å². The number of fused-ring (bicyclic) bond motifs is 1. The minimum atomic E-state index is -0.575. The van der Waals surface area contributed by atoms with E-state index in [-0.39, 0.29) is 30.2 Å². The molecule has 0 fully saturated rings. The molecule has 1 aromatic heterocycles. The van der Waals surface area contributed by atoms with Crippen LogP contribution in [0.3, 0.4) is 0 Å². The minimum Gasteiger partial charge on any atom is -0.436 e. The zero-order valence-corrected chi connectivity index (χ0v) is 12.4. The summed E-state index contributed by atoms with van der Waals surface area (Å²) < 4.78 is 29.6. The van der Waals surface area contributed by atoms with E-state index in [1.165, 1.54) is 19.2 Å². The van der Waals surface area contributed by atoms with Gasteiger partial charge in [-0.1, -0.05) is 12.1 Å². The molecule has 0 saturated carbocycles. The van der Waals surface area contributed by atoms with Crippen molar-refractivity contribution in [2.24, 2.45) is 0 Å². The molecule has 118 valence electrons. The highest BCUT2D eigenvalue weighted by Crippen LogP contribution is 2.28. The number of halogens is 1. The van der Waals surface area contributed by atoms with Gasteiger partial charge in [-0.15, -0.1) is 0 Å². The van der Waals surface area contributed by atoms with E-state index in [9.17, 15) is 9.18 Å². The lowest BCUT2D eigenvalue weighted by Crippen LogP contribution is -2.10. The number of hydrogen-bond donors (Lipinski definition) is 0. The second-order valence-electron chi connectivity index (χ2n) is 4.85. The van der Waals surface area contributed by atoms with E-state index in [4.69, 9.17) is 13.9 Å². The van der Waals surface area contributed by atoms with Crippen molar-refractivity contribution in [1.29, 1.82) is 0 Å². The third-order valence-electron chi connectivity index (χ3n) is 3.21. The van der Waals surface area contributed by atoms with Crippen molar-refractivity contribution in [2.75, 3.05) is 13.7 Å². The van der Waals surface area contributed by atoms with Gasteiger partial charge in [0.1, 0.15) is 17.1 Å². The molecule has 0 amide bonds. The standard InChI is InChI=1S/C17H14FNO4/c1-21-9-8-16(20)22-11-6-7-12(13(18)10-11)17-19-14-4-2-3-5-15(14)23-17/h2-7,10H,8-9H2,1H3. The largest absolute Gasteiger partial charge is 0.436 e. The maximum atomic E-state index is 14.3. The minimum absolute atomic E-state index is 0.102. The van der Waals surface area contributed by atoms with E-state index < -0.39 is 11.8 Å². The summed E-state index contributed by atoms with van der Waals surface area (Å²) in [4.78, 5) is 15.7. The van der Waals surface area contributed by atoms with Gasteiger partial charge in [0.2, 0.25) is 5.89 Å². The van der Waals surface area contributed by atoms with Crippen LogP contribution in [0.2, 0.25) is 0 Å². The lowest BCUT2D eigenvalue weighted by Gasteiger charge is -2.05. The summed E-state index contributed by atoms with van der Waals surface area (Å²) in [5.41, 5.74) is 1.44. The molecular formula is C17H14FNO4. The number of nitrogens with zero attached hydrogens (tertiary/aromatic N) is 1. The number of aromatic nitrogens is 1. The van der Waals surface area contributed by atoms with E-state index in [1.54, 1.807) is 12.1 Å². The molecule has 23 heavy (non-hydrogen) atoms. The van der Waals surface area contributed by atoms with Crippen LogP contribution in [0.5, 0.6) is 5.75 Å². The molecule has 0 aliphatic heterocycles. The van der Waals surface area contributed by atoms with Crippen molar-refractivity contribution in [1.82, 2.24) is 4.98 Å². The molecule has 6 heteroatoms. The van der Waals surface area contributed by atoms with Crippen LogP contribution in [0.15, 0.2) is 46.9 Å². The van der Waals surface area contributed by atoms with Gasteiger partial charge >= 0.3 is 5.97 Å². The Hall–Kier alpha value is -2.73. The van der Waals surface area contributed by atoms with Crippen LogP contribution in [-0.4, -0.2) is 24.7 Å². The second-order valence-corrected chi connectivity index (χ2v) is 4.85. The molecule has 3 aromatic rings. The first-order valence-corrected chi connectivity index (χ1v) is 7.02. The molecule has 0 N–H and O–H groups in total. The molecule has 0 spiro atoms. The lowest BCUT2D eigenvalue weighted by molar-refractivity contribution is -0.135. The number of oxazole rings is 1. The summed E-state index contributed by atoms with van der Waals surface area (Å²) >= 11 is 0. The van der Waals surface area contributed by atoms with Gasteiger partial charge in [-0.2, -0.15) is 0 Å². The highest BCUT2D eigenvalue weighted by molar-refractivity contribution is 5.76. The van der Waals surface area contributed by atoms with E-state index >= 15 is 0 Å². The molecule has 0 unspecified atom stereocenters. The highest BCUT2D eigenvalue weighted by Gasteiger charge is 2.14. The van der Waals surface area contributed by atoms with Crippen LogP contribution >= 0.6 is 0 Å². The molecule has 0 aliphatic carbocycles. The quantitative estimate of drug-likeness (QED) is 0.532. The number of methoxy groups -OCH3 is 1. The summed E-state index contributed by atoms with van der Waals surface area (Å²) in [6.45, 7) is 0.252. The molecule has 0 aliphatic rings. The summed E-state index contributed by atoms with van der Waals surface area (Å²) in [6, 6.07) is 11.3. The molecular weight excluding hydrogens is 301 g/mol. The number of carbonyl (C=O) groups is 1. The first kappa shape index (κ1) is 15.2. The fourth-order valence-electron chi connectivity index (χ4n) is 2.09. The zero-order valence-electron chi connectivity index (χ0n) is 12.4. The van der Waals surface area contributed by atoms with Gasteiger partial charge in [-0.25, -0.2) is 9.37 Å². The second kappa shape index (κ2) is 6.58. The Bertz CT molecular complexity index is 810. The van der Waals surface area contributed by atoms with E-state index in [1.807, 2.05) is 12.1 Å². The van der Waals surface area contributed by atoms with Crippen LogP contribution in [0.25, 0.3) is 22.6 Å². The van der Waals surface area contributed by atoms with Crippen molar-refractivity contribution < 1.29 is 23.1 Å². The number of benzene rings is 2. The average molecular weight is 315 g/mol. The molecule has 0 radical (unpaired) electrons. The third kappa shape index (κ3) is 3.37. The topological polar surface area (TPSA) is 61.6 Å². The van der Waals surface area contributed by atoms with Gasteiger partial charge in [-0.3, -0.25) is 4.79 Å². The van der Waals surface area contributed by atoms with Crippen molar-refractivity contribution in [3.8, 4) is 17.2 Å². The van der Waals surface area contributed by atoms with Crippen LogP contribution in [0.4, 0.5) is 4.39 Å². The Balaban J connectivity index is 1.83. The van der Waals surface area contributed by atoms with Gasteiger partial charge in [0.15, 0.2) is 5.58 Å². The Labute approximate surface area is 131 Å².